The van der Waals surface area contributed by atoms with Gasteiger partial charge in [0.05, 0.1) is 27.7 Å². The van der Waals surface area contributed by atoms with Gasteiger partial charge in [0.2, 0.25) is 27.7 Å². The molecule has 1 aliphatic heterocycles. The summed E-state index contributed by atoms with van der Waals surface area (Å²) in [6, 6.07) is 17.9. The number of carbonyl (C=O) groups excluding carboxylic acids is 4. The van der Waals surface area contributed by atoms with Crippen molar-refractivity contribution in [2.45, 2.75) is 82.0 Å². The van der Waals surface area contributed by atoms with Crippen LogP contribution in [0.3, 0.4) is 0 Å². The number of aromatic nitrogens is 2. The van der Waals surface area contributed by atoms with Crippen LogP contribution in [-0.2, 0) is 35.8 Å². The molecule has 3 aliphatic rings. The summed E-state index contributed by atoms with van der Waals surface area (Å²) in [7, 11) is -3.92. The molecule has 0 radical (unpaired) electrons. The number of hydrogen-bond acceptors (Lipinski definition) is 11. The third-order valence-electron chi connectivity index (χ3n) is 10.3. The number of thiophene rings is 1. The molecule has 0 spiro atoms. The summed E-state index contributed by atoms with van der Waals surface area (Å²) >= 11 is 1.46. The van der Waals surface area contributed by atoms with Crippen LogP contribution in [0.25, 0.3) is 21.6 Å². The lowest BCUT2D eigenvalue weighted by Gasteiger charge is -2.35. The minimum absolute atomic E-state index is 0.0118. The maximum absolute atomic E-state index is 14.7. The van der Waals surface area contributed by atoms with Crippen LogP contribution in [0.1, 0.15) is 52.0 Å². The van der Waals surface area contributed by atoms with E-state index in [0.29, 0.717) is 29.6 Å². The fourth-order valence-electron chi connectivity index (χ4n) is 6.89. The fraction of sp³-hybridized carbons (Fsp3) is 0.400. The molecule has 3 fully saturated rings. The van der Waals surface area contributed by atoms with E-state index in [1.54, 1.807) is 20.8 Å². The second kappa shape index (κ2) is 15.3. The van der Waals surface area contributed by atoms with Gasteiger partial charge in [0, 0.05) is 12.3 Å². The maximum Gasteiger partial charge on any atom is 0.408 e. The summed E-state index contributed by atoms with van der Waals surface area (Å²) in [6.45, 7) is 9.02. The average Bonchev–Trinajstić information content (AvgIpc) is 4.04. The number of hydrogen-bond donors (Lipinski definition) is 3. The van der Waals surface area contributed by atoms with Crippen molar-refractivity contribution in [2.24, 2.45) is 11.3 Å². The molecule has 5 atom stereocenters. The van der Waals surface area contributed by atoms with Gasteiger partial charge in [-0.3, -0.25) is 19.1 Å². The van der Waals surface area contributed by atoms with E-state index in [0.717, 1.165) is 10.4 Å². The molecule has 14 nitrogen and oxygen atoms in total. The molecule has 2 saturated carbocycles. The van der Waals surface area contributed by atoms with Gasteiger partial charge in [0.25, 0.3) is 5.91 Å². The van der Waals surface area contributed by atoms with Crippen molar-refractivity contribution in [1.29, 1.82) is 0 Å². The van der Waals surface area contributed by atoms with Crippen molar-refractivity contribution in [3.8, 4) is 16.5 Å². The van der Waals surface area contributed by atoms with Gasteiger partial charge in [-0.1, -0.05) is 75.4 Å². The quantitative estimate of drug-likeness (QED) is 0.160. The van der Waals surface area contributed by atoms with E-state index in [2.05, 4.69) is 21.9 Å². The Bertz CT molecular complexity index is 2260. The largest absolute Gasteiger partial charge is 0.471 e. The summed E-state index contributed by atoms with van der Waals surface area (Å²) in [5.41, 5.74) is 0.0916. The zero-order valence-corrected chi connectivity index (χ0v) is 32.9. The first kappa shape index (κ1) is 38.9. The Hall–Kier alpha value is -5.35. The molecule has 3 N–H and O–H groups in total. The third-order valence-corrected chi connectivity index (χ3v) is 13.0. The number of nitrogens with zero attached hydrogens (tertiary/aromatic N) is 3. The average molecular weight is 801 g/mol. The number of benzene rings is 2. The fourth-order valence-corrected chi connectivity index (χ4v) is 8.96. The Balaban J connectivity index is 1.18. The minimum atomic E-state index is -3.92. The minimum Gasteiger partial charge on any atom is -0.471 e. The molecule has 56 heavy (non-hydrogen) atoms. The molecular formula is C40H44N6O8S2. The number of carbonyl (C=O) groups is 4. The van der Waals surface area contributed by atoms with Crippen LogP contribution in [-0.4, -0.2) is 82.6 Å². The predicted molar refractivity (Wildman–Crippen MR) is 210 cm³/mol. The Morgan fingerprint density at radius 2 is 1.71 bits per heavy atom. The van der Waals surface area contributed by atoms with Crippen LogP contribution in [0.4, 0.5) is 4.79 Å². The van der Waals surface area contributed by atoms with Crippen molar-refractivity contribution in [3.63, 3.8) is 0 Å². The molecule has 1 unspecified atom stereocenters. The first-order valence-corrected chi connectivity index (χ1v) is 20.9. The molecule has 3 heterocycles. The summed E-state index contributed by atoms with van der Waals surface area (Å²) in [5, 5.41) is 6.78. The third kappa shape index (κ3) is 8.26. The second-order valence-corrected chi connectivity index (χ2v) is 18.4. The summed E-state index contributed by atoms with van der Waals surface area (Å²) in [6.07, 6.45) is 0.925. The Morgan fingerprint density at radius 3 is 2.34 bits per heavy atom. The SMILES string of the molecule is C=C[C@@H]1CC1(NC(=O)[C@@H]1C[C@@H](Oc2nc3ccccc3nc2-c2cccs2)CN1C(=O)[C@@H](NC(=O)OCc1ccccc1)C(C)(C)C)C(=O)NS(=O)(=O)C1CC1. The van der Waals surface area contributed by atoms with Crippen LogP contribution < -0.4 is 20.1 Å². The number of sulfonamides is 1. The Kier molecular flexibility index (Phi) is 10.6. The van der Waals surface area contributed by atoms with Crippen molar-refractivity contribution >= 4 is 56.2 Å². The van der Waals surface area contributed by atoms with Crippen molar-refractivity contribution < 1.29 is 37.1 Å². The van der Waals surface area contributed by atoms with E-state index in [9.17, 15) is 27.6 Å². The lowest BCUT2D eigenvalue weighted by molar-refractivity contribution is -0.142. The van der Waals surface area contributed by atoms with Gasteiger partial charge in [-0.2, -0.15) is 0 Å². The summed E-state index contributed by atoms with van der Waals surface area (Å²) < 4.78 is 39.7. The van der Waals surface area contributed by atoms with Crippen molar-refractivity contribution in [3.05, 3.63) is 90.3 Å². The smallest absolute Gasteiger partial charge is 0.408 e. The Labute approximate surface area is 329 Å². The highest BCUT2D eigenvalue weighted by molar-refractivity contribution is 7.91. The van der Waals surface area contributed by atoms with Crippen molar-refractivity contribution in [2.75, 3.05) is 6.54 Å². The predicted octanol–water partition coefficient (Wildman–Crippen LogP) is 4.72. The Morgan fingerprint density at radius 1 is 1.02 bits per heavy atom. The van der Waals surface area contributed by atoms with E-state index in [-0.39, 0.29) is 31.9 Å². The van der Waals surface area contributed by atoms with Crippen LogP contribution in [0, 0.1) is 11.3 Å². The van der Waals surface area contributed by atoms with Crippen LogP contribution in [0.15, 0.2) is 84.8 Å². The first-order chi connectivity index (χ1) is 26.7. The molecule has 2 aromatic heterocycles. The molecule has 294 valence electrons. The number of fused-ring (bicyclic) bond motifs is 1. The van der Waals surface area contributed by atoms with E-state index < -0.39 is 74.1 Å². The zero-order valence-electron chi connectivity index (χ0n) is 31.3. The van der Waals surface area contributed by atoms with Crippen LogP contribution >= 0.6 is 11.3 Å². The summed E-state index contributed by atoms with van der Waals surface area (Å²) in [4.78, 5) is 67.6. The van der Waals surface area contributed by atoms with Crippen LogP contribution in [0.2, 0.25) is 0 Å². The lowest BCUT2D eigenvalue weighted by Crippen LogP contribution is -2.60. The van der Waals surface area contributed by atoms with Crippen molar-refractivity contribution in [1.82, 2.24) is 30.2 Å². The number of para-hydroxylation sites is 2. The molecule has 2 aliphatic carbocycles. The second-order valence-electron chi connectivity index (χ2n) is 15.5. The number of amides is 4. The zero-order chi connectivity index (χ0) is 39.8. The monoisotopic (exact) mass is 800 g/mol. The molecule has 2 aromatic carbocycles. The normalized spacial score (nSPS) is 22.5. The summed E-state index contributed by atoms with van der Waals surface area (Å²) in [5.74, 6) is -2.43. The molecule has 4 aromatic rings. The number of rotatable bonds is 13. The molecule has 7 rings (SSSR count). The van der Waals surface area contributed by atoms with E-state index in [1.807, 2.05) is 72.1 Å². The first-order valence-electron chi connectivity index (χ1n) is 18.4. The molecule has 0 bridgehead atoms. The molecule has 4 amide bonds. The van der Waals surface area contributed by atoms with E-state index in [1.165, 1.54) is 22.3 Å². The highest BCUT2D eigenvalue weighted by Gasteiger charge is 2.62. The number of ether oxygens (including phenoxy) is 2. The van der Waals surface area contributed by atoms with Gasteiger partial charge in [-0.25, -0.2) is 23.2 Å². The topological polar surface area (TPSA) is 186 Å². The van der Waals surface area contributed by atoms with Gasteiger partial charge in [-0.05, 0) is 53.8 Å². The standard InChI is InChI=1S/C40H44N6O8S2/c1-5-25-21-40(25,37(49)45-56(51,52)27-17-18-27)44-34(47)30-20-26(54-35-32(31-16-11-19-55-31)41-28-14-9-10-15-29(28)42-35)22-46(30)36(48)33(39(2,3)4)43-38(50)53-23-24-12-7-6-8-13-24/h5-16,19,25-27,30,33H,1,17-18,20-23H2,2-4H3,(H,43,50)(H,44,47)(H,45,49)/t25-,26-,30+,33-,40?/m1/s1. The van der Waals surface area contributed by atoms with Gasteiger partial charge in [0.15, 0.2) is 0 Å². The maximum atomic E-state index is 14.7. The molecular weight excluding hydrogens is 757 g/mol. The van der Waals surface area contributed by atoms with E-state index in [4.69, 9.17) is 19.4 Å². The number of alkyl carbamates (subject to hydrolysis) is 1. The lowest BCUT2D eigenvalue weighted by atomic mass is 9.85. The molecule has 1 saturated heterocycles. The highest BCUT2D eigenvalue weighted by atomic mass is 32.2. The van der Waals surface area contributed by atoms with E-state index >= 15 is 0 Å². The van der Waals surface area contributed by atoms with Crippen LogP contribution in [0.5, 0.6) is 5.88 Å². The van der Waals surface area contributed by atoms with Gasteiger partial charge < -0.3 is 25.0 Å². The highest BCUT2D eigenvalue weighted by Crippen LogP contribution is 2.46. The number of likely N-dealkylation sites (tertiary alicyclic amines) is 1. The molecule has 16 heteroatoms. The van der Waals surface area contributed by atoms with Gasteiger partial charge in [-0.15, -0.1) is 17.9 Å². The van der Waals surface area contributed by atoms with Gasteiger partial charge in [0.1, 0.15) is 36.0 Å². The van der Waals surface area contributed by atoms with Gasteiger partial charge >= 0.3 is 6.09 Å². The number of nitrogens with one attached hydrogen (secondary N) is 3.